The third-order valence-corrected chi connectivity index (χ3v) is 4.71. The molecular weight excluding hydrogens is 398 g/mol. The van der Waals surface area contributed by atoms with Crippen LogP contribution in [-0.4, -0.2) is 44.3 Å². The van der Waals surface area contributed by atoms with Crippen LogP contribution in [0.5, 0.6) is 0 Å². The van der Waals surface area contributed by atoms with Crippen molar-refractivity contribution in [2.75, 3.05) is 6.54 Å². The van der Waals surface area contributed by atoms with E-state index in [1.165, 1.54) is 5.56 Å². The summed E-state index contributed by atoms with van der Waals surface area (Å²) in [7, 11) is 0. The van der Waals surface area contributed by atoms with E-state index in [1.54, 1.807) is 11.1 Å². The van der Waals surface area contributed by atoms with Gasteiger partial charge in [0.05, 0.1) is 18.7 Å². The van der Waals surface area contributed by atoms with Gasteiger partial charge in [0.1, 0.15) is 11.4 Å². The number of halogens is 1. The van der Waals surface area contributed by atoms with Gasteiger partial charge in [0.2, 0.25) is 0 Å². The topological polar surface area (TPSA) is 78.4 Å². The summed E-state index contributed by atoms with van der Waals surface area (Å²) in [5, 5.41) is 10.1. The van der Waals surface area contributed by atoms with Crippen LogP contribution in [0.2, 0.25) is 0 Å². The van der Waals surface area contributed by atoms with Crippen molar-refractivity contribution in [1.82, 2.24) is 14.9 Å². The van der Waals surface area contributed by atoms with Crippen LogP contribution >= 0.6 is 15.9 Å². The Morgan fingerprint density at radius 2 is 2.08 bits per heavy atom. The summed E-state index contributed by atoms with van der Waals surface area (Å²) in [6.07, 6.45) is 1.96. The summed E-state index contributed by atoms with van der Waals surface area (Å²) in [6.45, 7) is 5.74. The van der Waals surface area contributed by atoms with Crippen molar-refractivity contribution >= 4 is 22.0 Å². The highest BCUT2D eigenvalue weighted by molar-refractivity contribution is 9.10. The fourth-order valence-electron chi connectivity index (χ4n) is 3.05. The van der Waals surface area contributed by atoms with E-state index in [2.05, 4.69) is 38.0 Å². The molecule has 0 saturated carbocycles. The SMILES string of the molecule is CC(C)(C)OC(=O)N1C[C@H](O)C[C@H]1c1ncc(Cc2ccc(Br)cc2)[nH]1. The molecule has 0 spiro atoms. The minimum atomic E-state index is -0.578. The Kier molecular flexibility index (Phi) is 5.39. The number of aromatic nitrogens is 2. The van der Waals surface area contributed by atoms with Gasteiger partial charge in [0, 0.05) is 29.2 Å². The molecule has 6 nitrogen and oxygen atoms in total. The second-order valence-electron chi connectivity index (χ2n) is 7.63. The molecule has 0 unspecified atom stereocenters. The van der Waals surface area contributed by atoms with Crippen molar-refractivity contribution in [2.24, 2.45) is 0 Å². The molecule has 2 atom stereocenters. The first-order valence-electron chi connectivity index (χ1n) is 8.67. The van der Waals surface area contributed by atoms with Gasteiger partial charge < -0.3 is 14.8 Å². The smallest absolute Gasteiger partial charge is 0.411 e. The number of aliphatic hydroxyl groups is 1. The molecule has 0 radical (unpaired) electrons. The average Bonchev–Trinajstić information content (AvgIpc) is 3.14. The Hall–Kier alpha value is -1.86. The molecular formula is C19H24BrN3O3. The van der Waals surface area contributed by atoms with E-state index >= 15 is 0 Å². The first-order valence-corrected chi connectivity index (χ1v) is 9.46. The Morgan fingerprint density at radius 3 is 2.73 bits per heavy atom. The van der Waals surface area contributed by atoms with E-state index in [0.29, 0.717) is 12.2 Å². The minimum Gasteiger partial charge on any atom is -0.444 e. The van der Waals surface area contributed by atoms with Crippen LogP contribution in [0.4, 0.5) is 4.79 Å². The van der Waals surface area contributed by atoms with Gasteiger partial charge in [0.25, 0.3) is 0 Å². The number of carbonyl (C=O) groups excluding carboxylic acids is 1. The van der Waals surface area contributed by atoms with Gasteiger partial charge in [-0.2, -0.15) is 0 Å². The van der Waals surface area contributed by atoms with E-state index in [-0.39, 0.29) is 12.6 Å². The normalized spacial score (nSPS) is 20.4. The van der Waals surface area contributed by atoms with Crippen LogP contribution in [0.1, 0.15) is 50.3 Å². The van der Waals surface area contributed by atoms with Gasteiger partial charge in [-0.3, -0.25) is 4.90 Å². The third kappa shape index (κ3) is 4.65. The third-order valence-electron chi connectivity index (χ3n) is 4.18. The molecule has 2 aromatic rings. The van der Waals surface area contributed by atoms with Gasteiger partial charge in [-0.25, -0.2) is 9.78 Å². The maximum Gasteiger partial charge on any atom is 0.411 e. The molecule has 0 bridgehead atoms. The van der Waals surface area contributed by atoms with Gasteiger partial charge in [0.15, 0.2) is 0 Å². The van der Waals surface area contributed by atoms with E-state index in [4.69, 9.17) is 4.74 Å². The predicted molar refractivity (Wildman–Crippen MR) is 102 cm³/mol. The van der Waals surface area contributed by atoms with Gasteiger partial charge in [-0.15, -0.1) is 0 Å². The number of nitrogens with zero attached hydrogens (tertiary/aromatic N) is 2. The lowest BCUT2D eigenvalue weighted by molar-refractivity contribution is 0.0201. The second-order valence-corrected chi connectivity index (χ2v) is 8.55. The summed E-state index contributed by atoms with van der Waals surface area (Å²) in [4.78, 5) is 21.8. The Morgan fingerprint density at radius 1 is 1.38 bits per heavy atom. The number of amides is 1. The van der Waals surface area contributed by atoms with Crippen molar-refractivity contribution < 1.29 is 14.6 Å². The van der Waals surface area contributed by atoms with Crippen LogP contribution in [-0.2, 0) is 11.2 Å². The number of aliphatic hydroxyl groups excluding tert-OH is 1. The fourth-order valence-corrected chi connectivity index (χ4v) is 3.32. The first-order chi connectivity index (χ1) is 12.2. The van der Waals surface area contributed by atoms with Crippen molar-refractivity contribution in [3.05, 3.63) is 52.0 Å². The van der Waals surface area contributed by atoms with Crippen molar-refractivity contribution in [2.45, 2.75) is 51.4 Å². The average molecular weight is 422 g/mol. The number of carbonyl (C=O) groups is 1. The quantitative estimate of drug-likeness (QED) is 0.789. The Labute approximate surface area is 161 Å². The standard InChI is InChI=1S/C19H24BrN3O3/c1-19(2,3)26-18(25)23-11-15(24)9-16(23)17-21-10-14(22-17)8-12-4-6-13(20)7-5-12/h4-7,10,15-16,24H,8-9,11H2,1-3H3,(H,21,22)/t15-,16+/m1/s1. The molecule has 140 valence electrons. The zero-order valence-corrected chi connectivity index (χ0v) is 16.8. The Balaban J connectivity index is 1.73. The highest BCUT2D eigenvalue weighted by Crippen LogP contribution is 2.32. The number of aromatic amines is 1. The molecule has 26 heavy (non-hydrogen) atoms. The summed E-state index contributed by atoms with van der Waals surface area (Å²) in [6, 6.07) is 7.81. The zero-order chi connectivity index (χ0) is 18.9. The highest BCUT2D eigenvalue weighted by Gasteiger charge is 2.39. The lowest BCUT2D eigenvalue weighted by Gasteiger charge is -2.27. The fraction of sp³-hybridized carbons (Fsp3) is 0.474. The van der Waals surface area contributed by atoms with Crippen molar-refractivity contribution in [1.29, 1.82) is 0 Å². The lowest BCUT2D eigenvalue weighted by atomic mass is 10.1. The van der Waals surface area contributed by atoms with E-state index in [1.807, 2.05) is 32.9 Å². The number of hydrogen-bond acceptors (Lipinski definition) is 4. The molecule has 0 aliphatic carbocycles. The summed E-state index contributed by atoms with van der Waals surface area (Å²) >= 11 is 3.43. The van der Waals surface area contributed by atoms with Crippen molar-refractivity contribution in [3.63, 3.8) is 0 Å². The summed E-state index contributed by atoms with van der Waals surface area (Å²) in [5.41, 5.74) is 1.55. The first kappa shape index (κ1) is 18.9. The molecule has 1 amide bonds. The number of imidazole rings is 1. The van der Waals surface area contributed by atoms with E-state index in [0.717, 1.165) is 16.6 Å². The van der Waals surface area contributed by atoms with Crippen LogP contribution in [0.3, 0.4) is 0 Å². The number of rotatable bonds is 3. The summed E-state index contributed by atoms with van der Waals surface area (Å²) < 4.78 is 6.51. The van der Waals surface area contributed by atoms with Gasteiger partial charge in [-0.05, 0) is 38.5 Å². The summed E-state index contributed by atoms with van der Waals surface area (Å²) in [5.74, 6) is 0.680. The molecule has 2 heterocycles. The number of ether oxygens (including phenoxy) is 1. The monoisotopic (exact) mass is 421 g/mol. The van der Waals surface area contributed by atoms with Gasteiger partial charge in [-0.1, -0.05) is 28.1 Å². The largest absolute Gasteiger partial charge is 0.444 e. The number of hydrogen-bond donors (Lipinski definition) is 2. The Bertz CT molecular complexity index is 767. The van der Waals surface area contributed by atoms with Gasteiger partial charge >= 0.3 is 6.09 Å². The number of likely N-dealkylation sites (tertiary alicyclic amines) is 1. The number of H-pyrrole nitrogens is 1. The van der Waals surface area contributed by atoms with Crippen LogP contribution < -0.4 is 0 Å². The molecule has 1 aromatic heterocycles. The van der Waals surface area contributed by atoms with Crippen LogP contribution in [0, 0.1) is 0 Å². The highest BCUT2D eigenvalue weighted by atomic mass is 79.9. The number of benzene rings is 1. The lowest BCUT2D eigenvalue weighted by Crippen LogP contribution is -2.37. The second kappa shape index (κ2) is 7.40. The zero-order valence-electron chi connectivity index (χ0n) is 15.2. The predicted octanol–water partition coefficient (Wildman–Crippen LogP) is 3.81. The van der Waals surface area contributed by atoms with Crippen molar-refractivity contribution in [3.8, 4) is 0 Å². The van der Waals surface area contributed by atoms with Crippen LogP contribution in [0.15, 0.2) is 34.9 Å². The molecule has 1 aliphatic heterocycles. The molecule has 7 heteroatoms. The maximum atomic E-state index is 12.5. The molecule has 1 aliphatic rings. The molecule has 2 N–H and O–H groups in total. The van der Waals surface area contributed by atoms with Crippen LogP contribution in [0.25, 0.3) is 0 Å². The number of β-amino-alcohol motifs (C(OH)–C–C–N with tert-alkyl or cyclic N) is 1. The van der Waals surface area contributed by atoms with E-state index < -0.39 is 17.8 Å². The number of nitrogens with one attached hydrogen (secondary N) is 1. The molecule has 1 fully saturated rings. The molecule has 3 rings (SSSR count). The molecule has 1 saturated heterocycles. The minimum absolute atomic E-state index is 0.252. The molecule has 1 aromatic carbocycles. The van der Waals surface area contributed by atoms with E-state index in [9.17, 15) is 9.90 Å². The maximum absolute atomic E-state index is 12.5.